The molecule has 2 N–H and O–H groups in total. The van der Waals surface area contributed by atoms with E-state index in [-0.39, 0.29) is 30.7 Å². The number of carbonyl (C=O) groups is 1. The lowest BCUT2D eigenvalue weighted by atomic mass is 10.1. The summed E-state index contributed by atoms with van der Waals surface area (Å²) in [4.78, 5) is 20.9. The first-order valence-electron chi connectivity index (χ1n) is 7.30. The molecule has 1 aromatic carbocycles. The third-order valence-electron chi connectivity index (χ3n) is 3.80. The topological polar surface area (TPSA) is 75.4 Å². The van der Waals surface area contributed by atoms with Crippen LogP contribution in [0.25, 0.3) is 0 Å². The second-order valence-corrected chi connectivity index (χ2v) is 6.06. The molecule has 1 saturated heterocycles. The summed E-state index contributed by atoms with van der Waals surface area (Å²) in [5.74, 6) is 0.781. The van der Waals surface area contributed by atoms with Crippen molar-refractivity contribution in [1.29, 1.82) is 0 Å². The van der Waals surface area contributed by atoms with E-state index in [4.69, 9.17) is 5.73 Å². The molecule has 1 atom stereocenters. The maximum Gasteiger partial charge on any atom is 0.244 e. The van der Waals surface area contributed by atoms with Gasteiger partial charge in [-0.3, -0.25) is 4.79 Å². The van der Waals surface area contributed by atoms with Crippen molar-refractivity contribution in [1.82, 2.24) is 14.3 Å². The van der Waals surface area contributed by atoms with Crippen LogP contribution in [0, 0.1) is 6.92 Å². The summed E-state index contributed by atoms with van der Waals surface area (Å²) < 4.78 is 4.20. The largest absolute Gasteiger partial charge is 0.343 e. The Morgan fingerprint density at radius 2 is 1.79 bits per heavy atom. The van der Waals surface area contributed by atoms with Gasteiger partial charge in [0.1, 0.15) is 11.9 Å². The second kappa shape index (κ2) is 9.17. The highest BCUT2D eigenvalue weighted by atomic mass is 35.5. The number of benzene rings is 1. The van der Waals surface area contributed by atoms with E-state index in [1.54, 1.807) is 0 Å². The first-order chi connectivity index (χ1) is 10.6. The van der Waals surface area contributed by atoms with Crippen molar-refractivity contribution in [2.45, 2.75) is 13.0 Å². The number of piperazine rings is 1. The number of amides is 1. The van der Waals surface area contributed by atoms with E-state index >= 15 is 0 Å². The van der Waals surface area contributed by atoms with Crippen molar-refractivity contribution >= 4 is 47.4 Å². The Morgan fingerprint density at radius 1 is 1.17 bits per heavy atom. The fourth-order valence-electron chi connectivity index (χ4n) is 2.53. The third kappa shape index (κ3) is 4.57. The Labute approximate surface area is 158 Å². The first-order valence-corrected chi connectivity index (χ1v) is 8.07. The van der Waals surface area contributed by atoms with Gasteiger partial charge in [0.05, 0.1) is 0 Å². The van der Waals surface area contributed by atoms with E-state index in [0.29, 0.717) is 13.1 Å². The Balaban J connectivity index is 0.00000144. The summed E-state index contributed by atoms with van der Waals surface area (Å²) in [6, 6.07) is 8.92. The fraction of sp³-hybridized carbons (Fsp3) is 0.400. The number of halogens is 2. The van der Waals surface area contributed by atoms with Crippen LogP contribution in [-0.4, -0.2) is 46.3 Å². The van der Waals surface area contributed by atoms with Gasteiger partial charge in [-0.05, 0) is 12.5 Å². The molecule has 0 bridgehead atoms. The van der Waals surface area contributed by atoms with Crippen LogP contribution in [0.3, 0.4) is 0 Å². The van der Waals surface area contributed by atoms with Gasteiger partial charge >= 0.3 is 0 Å². The van der Waals surface area contributed by atoms with Crippen LogP contribution in [0.2, 0.25) is 0 Å². The maximum atomic E-state index is 12.5. The minimum Gasteiger partial charge on any atom is -0.343 e. The van der Waals surface area contributed by atoms with Crippen molar-refractivity contribution < 1.29 is 4.79 Å². The highest BCUT2D eigenvalue weighted by Gasteiger charge is 2.27. The molecule has 0 saturated carbocycles. The number of hydrogen-bond acceptors (Lipinski definition) is 6. The second-order valence-electron chi connectivity index (χ2n) is 5.32. The molecular weight excluding hydrogens is 369 g/mol. The summed E-state index contributed by atoms with van der Waals surface area (Å²) in [6.07, 6.45) is 0. The smallest absolute Gasteiger partial charge is 0.244 e. The summed E-state index contributed by atoms with van der Waals surface area (Å²) >= 11 is 1.41. The van der Waals surface area contributed by atoms with E-state index < -0.39 is 6.04 Å². The molecule has 0 radical (unpaired) electrons. The standard InChI is InChI=1S/C15H19N5OS.2ClH/c1-11-17-15(22-18-11)20-9-7-19(8-10-20)14(21)13(16)12-5-3-2-4-6-12;;/h2-6,13H,7-10,16H2,1H3;2*1H. The molecule has 3 rings (SSSR count). The van der Waals surface area contributed by atoms with E-state index in [2.05, 4.69) is 14.3 Å². The number of aromatic nitrogens is 2. The van der Waals surface area contributed by atoms with Gasteiger partial charge in [0, 0.05) is 37.7 Å². The number of hydrogen-bond donors (Lipinski definition) is 1. The summed E-state index contributed by atoms with van der Waals surface area (Å²) in [7, 11) is 0. The van der Waals surface area contributed by atoms with E-state index in [9.17, 15) is 4.79 Å². The van der Waals surface area contributed by atoms with Crippen molar-refractivity contribution in [3.63, 3.8) is 0 Å². The lowest BCUT2D eigenvalue weighted by molar-refractivity contribution is -0.133. The lowest BCUT2D eigenvalue weighted by Crippen LogP contribution is -2.51. The van der Waals surface area contributed by atoms with Gasteiger partial charge in [0.15, 0.2) is 0 Å². The Hall–Kier alpha value is -1.41. The van der Waals surface area contributed by atoms with Crippen LogP contribution in [0.1, 0.15) is 17.4 Å². The quantitative estimate of drug-likeness (QED) is 0.868. The zero-order chi connectivity index (χ0) is 15.5. The Kier molecular flexibility index (Phi) is 7.89. The summed E-state index contributed by atoms with van der Waals surface area (Å²) in [5.41, 5.74) is 6.95. The third-order valence-corrected chi connectivity index (χ3v) is 4.67. The van der Waals surface area contributed by atoms with Crippen molar-refractivity contribution in [2.75, 3.05) is 31.1 Å². The molecule has 6 nitrogen and oxygen atoms in total. The maximum absolute atomic E-state index is 12.5. The van der Waals surface area contributed by atoms with E-state index in [1.807, 2.05) is 42.2 Å². The number of aryl methyl sites for hydroxylation is 1. The van der Waals surface area contributed by atoms with Crippen LogP contribution in [0.5, 0.6) is 0 Å². The predicted molar refractivity (Wildman–Crippen MR) is 101 cm³/mol. The molecule has 132 valence electrons. The van der Waals surface area contributed by atoms with Crippen molar-refractivity contribution in [3.8, 4) is 0 Å². The lowest BCUT2D eigenvalue weighted by Gasteiger charge is -2.35. The van der Waals surface area contributed by atoms with Gasteiger partial charge in [-0.1, -0.05) is 30.3 Å². The average molecular weight is 390 g/mol. The molecule has 24 heavy (non-hydrogen) atoms. The summed E-state index contributed by atoms with van der Waals surface area (Å²) in [6.45, 7) is 4.75. The molecule has 2 aromatic rings. The van der Waals surface area contributed by atoms with Gasteiger partial charge < -0.3 is 15.5 Å². The monoisotopic (exact) mass is 389 g/mol. The average Bonchev–Trinajstić information content (AvgIpc) is 3.01. The number of nitrogens with two attached hydrogens (primary N) is 1. The molecule has 9 heteroatoms. The van der Waals surface area contributed by atoms with Gasteiger partial charge in [-0.15, -0.1) is 24.8 Å². The Morgan fingerprint density at radius 3 is 2.33 bits per heavy atom. The van der Waals surface area contributed by atoms with Crippen LogP contribution in [-0.2, 0) is 4.79 Å². The highest BCUT2D eigenvalue weighted by molar-refractivity contribution is 7.09. The minimum atomic E-state index is -0.587. The molecule has 0 aliphatic carbocycles. The number of nitrogens with zero attached hydrogens (tertiary/aromatic N) is 4. The molecule has 1 unspecified atom stereocenters. The number of carbonyl (C=O) groups excluding carboxylic acids is 1. The van der Waals surface area contributed by atoms with E-state index in [1.165, 1.54) is 11.5 Å². The molecule has 1 aliphatic rings. The van der Waals surface area contributed by atoms with Gasteiger partial charge in [-0.2, -0.15) is 4.37 Å². The molecule has 1 aromatic heterocycles. The van der Waals surface area contributed by atoms with Crippen LogP contribution < -0.4 is 10.6 Å². The van der Waals surface area contributed by atoms with Crippen LogP contribution in [0.4, 0.5) is 5.13 Å². The molecule has 1 fully saturated rings. The molecule has 0 spiro atoms. The molecule has 2 heterocycles. The molecular formula is C15H21Cl2N5OS. The van der Waals surface area contributed by atoms with Gasteiger partial charge in [-0.25, -0.2) is 4.98 Å². The normalized spacial score (nSPS) is 15.2. The van der Waals surface area contributed by atoms with Gasteiger partial charge in [0.25, 0.3) is 0 Å². The van der Waals surface area contributed by atoms with Crippen LogP contribution >= 0.6 is 36.3 Å². The van der Waals surface area contributed by atoms with Crippen molar-refractivity contribution in [3.05, 3.63) is 41.7 Å². The van der Waals surface area contributed by atoms with Crippen LogP contribution in [0.15, 0.2) is 30.3 Å². The zero-order valence-electron chi connectivity index (χ0n) is 13.3. The minimum absolute atomic E-state index is 0. The summed E-state index contributed by atoms with van der Waals surface area (Å²) in [5, 5.41) is 0.928. The SMILES string of the molecule is Cc1nsc(N2CCN(C(=O)C(N)c3ccccc3)CC2)n1.Cl.Cl. The van der Waals surface area contributed by atoms with Gasteiger partial charge in [0.2, 0.25) is 11.0 Å². The number of rotatable bonds is 3. The fourth-order valence-corrected chi connectivity index (χ4v) is 3.26. The molecule has 1 aliphatic heterocycles. The van der Waals surface area contributed by atoms with Crippen molar-refractivity contribution in [2.24, 2.45) is 5.73 Å². The first kappa shape index (κ1) is 20.6. The predicted octanol–water partition coefficient (Wildman–Crippen LogP) is 2.04. The highest BCUT2D eigenvalue weighted by Crippen LogP contribution is 2.20. The zero-order valence-corrected chi connectivity index (χ0v) is 15.7. The number of anilines is 1. The van der Waals surface area contributed by atoms with E-state index in [0.717, 1.165) is 29.6 Å². The Bertz CT molecular complexity index is 646. The molecule has 1 amide bonds.